The quantitative estimate of drug-likeness (QED) is 0.754. The van der Waals surface area contributed by atoms with Crippen LogP contribution in [0, 0.1) is 5.92 Å². The zero-order valence-electron chi connectivity index (χ0n) is 7.56. The van der Waals surface area contributed by atoms with E-state index in [9.17, 15) is 9.90 Å². The van der Waals surface area contributed by atoms with Crippen molar-refractivity contribution in [2.24, 2.45) is 5.92 Å². The summed E-state index contributed by atoms with van der Waals surface area (Å²) in [5.41, 5.74) is 0. The molecule has 0 radical (unpaired) electrons. The molecule has 0 bridgehead atoms. The number of hydrogen-bond donors (Lipinski definition) is 1. The Bertz CT molecular complexity index is 268. The van der Waals surface area contributed by atoms with E-state index in [-0.39, 0.29) is 5.97 Å². The molecule has 1 rings (SSSR count). The fourth-order valence-electron chi connectivity index (χ4n) is 1.02. The van der Waals surface area contributed by atoms with Crippen LogP contribution < -0.4 is 0 Å². The Balaban J connectivity index is 2.68. The van der Waals surface area contributed by atoms with E-state index in [1.165, 1.54) is 18.4 Å². The molecule has 0 spiro atoms. The van der Waals surface area contributed by atoms with Crippen molar-refractivity contribution in [3.63, 3.8) is 0 Å². The van der Waals surface area contributed by atoms with Gasteiger partial charge in [-0.05, 0) is 18.4 Å². The molecule has 13 heavy (non-hydrogen) atoms. The van der Waals surface area contributed by atoms with Crippen LogP contribution in [0.15, 0.2) is 17.5 Å². The van der Waals surface area contributed by atoms with E-state index >= 15 is 0 Å². The van der Waals surface area contributed by atoms with E-state index in [1.807, 2.05) is 11.4 Å². The standard InChI is InChI=1S/C9H12O3S/c1-6(9(11)12-2)8(10)7-4-3-5-13-7/h3-6,8,10H,1-2H3/t6-,8+/m1/s1. The van der Waals surface area contributed by atoms with Crippen LogP contribution in [0.1, 0.15) is 17.9 Å². The molecule has 0 fully saturated rings. The van der Waals surface area contributed by atoms with Crippen molar-refractivity contribution in [1.82, 2.24) is 0 Å². The van der Waals surface area contributed by atoms with Gasteiger partial charge in [0.1, 0.15) is 6.10 Å². The molecule has 2 atom stereocenters. The number of thiophene rings is 1. The van der Waals surface area contributed by atoms with Crippen LogP contribution in [-0.2, 0) is 9.53 Å². The van der Waals surface area contributed by atoms with Gasteiger partial charge in [0.25, 0.3) is 0 Å². The fourth-order valence-corrected chi connectivity index (χ4v) is 1.84. The van der Waals surface area contributed by atoms with E-state index in [0.29, 0.717) is 0 Å². The third kappa shape index (κ3) is 2.29. The number of aliphatic hydroxyl groups is 1. The monoisotopic (exact) mass is 200 g/mol. The Kier molecular flexibility index (Phi) is 3.45. The predicted molar refractivity (Wildman–Crippen MR) is 50.5 cm³/mol. The van der Waals surface area contributed by atoms with Crippen molar-refractivity contribution in [2.75, 3.05) is 7.11 Å². The first-order valence-corrected chi connectivity index (χ1v) is 4.84. The fraction of sp³-hybridized carbons (Fsp3) is 0.444. The molecule has 0 aliphatic heterocycles. The van der Waals surface area contributed by atoms with Gasteiger partial charge in [-0.25, -0.2) is 0 Å². The number of carbonyl (C=O) groups is 1. The van der Waals surface area contributed by atoms with Crippen LogP contribution in [0.3, 0.4) is 0 Å². The first kappa shape index (κ1) is 10.2. The SMILES string of the molecule is COC(=O)[C@H](C)[C@H](O)c1cccs1. The molecule has 0 aromatic carbocycles. The zero-order chi connectivity index (χ0) is 9.84. The van der Waals surface area contributed by atoms with Gasteiger partial charge in [0.2, 0.25) is 0 Å². The lowest BCUT2D eigenvalue weighted by Crippen LogP contribution is -2.19. The maximum atomic E-state index is 11.1. The molecule has 0 saturated carbocycles. The number of methoxy groups -OCH3 is 1. The van der Waals surface area contributed by atoms with Gasteiger partial charge in [0, 0.05) is 4.88 Å². The lowest BCUT2D eigenvalue weighted by Gasteiger charge is -2.14. The molecular weight excluding hydrogens is 188 g/mol. The number of ether oxygens (including phenoxy) is 1. The predicted octanol–water partition coefficient (Wildman–Crippen LogP) is 1.59. The molecular formula is C9H12O3S. The third-order valence-corrected chi connectivity index (χ3v) is 2.82. The summed E-state index contributed by atoms with van der Waals surface area (Å²) in [6.07, 6.45) is -0.757. The summed E-state index contributed by atoms with van der Waals surface area (Å²) in [5.74, 6) is -0.899. The van der Waals surface area contributed by atoms with Crippen LogP contribution in [-0.4, -0.2) is 18.2 Å². The molecule has 0 unspecified atom stereocenters. The van der Waals surface area contributed by atoms with Crippen molar-refractivity contribution in [3.8, 4) is 0 Å². The minimum Gasteiger partial charge on any atom is -0.469 e. The van der Waals surface area contributed by atoms with Crippen LogP contribution in [0.4, 0.5) is 0 Å². The van der Waals surface area contributed by atoms with Crippen molar-refractivity contribution in [3.05, 3.63) is 22.4 Å². The average molecular weight is 200 g/mol. The number of carbonyl (C=O) groups excluding carboxylic acids is 1. The topological polar surface area (TPSA) is 46.5 Å². The van der Waals surface area contributed by atoms with Gasteiger partial charge in [-0.1, -0.05) is 6.07 Å². The van der Waals surface area contributed by atoms with Gasteiger partial charge >= 0.3 is 5.97 Å². The zero-order valence-corrected chi connectivity index (χ0v) is 8.38. The maximum Gasteiger partial charge on any atom is 0.311 e. The van der Waals surface area contributed by atoms with Crippen molar-refractivity contribution in [2.45, 2.75) is 13.0 Å². The number of esters is 1. The molecule has 1 aromatic rings. The highest BCUT2D eigenvalue weighted by Gasteiger charge is 2.24. The summed E-state index contributed by atoms with van der Waals surface area (Å²) in [4.78, 5) is 11.9. The van der Waals surface area contributed by atoms with E-state index in [1.54, 1.807) is 13.0 Å². The van der Waals surface area contributed by atoms with Crippen molar-refractivity contribution < 1.29 is 14.6 Å². The normalized spacial score (nSPS) is 15.0. The number of aliphatic hydroxyl groups excluding tert-OH is 1. The molecule has 0 aliphatic rings. The second-order valence-electron chi connectivity index (χ2n) is 2.77. The van der Waals surface area contributed by atoms with Crippen LogP contribution in [0.25, 0.3) is 0 Å². The minimum atomic E-state index is -0.757. The van der Waals surface area contributed by atoms with Gasteiger partial charge in [-0.2, -0.15) is 0 Å². The molecule has 0 amide bonds. The van der Waals surface area contributed by atoms with Crippen molar-refractivity contribution in [1.29, 1.82) is 0 Å². The molecule has 0 saturated heterocycles. The second kappa shape index (κ2) is 4.39. The van der Waals surface area contributed by atoms with Gasteiger partial charge in [-0.3, -0.25) is 4.79 Å². The highest BCUT2D eigenvalue weighted by molar-refractivity contribution is 7.10. The molecule has 3 nitrogen and oxygen atoms in total. The van der Waals surface area contributed by atoms with E-state index in [2.05, 4.69) is 4.74 Å². The summed E-state index contributed by atoms with van der Waals surface area (Å²) < 4.78 is 4.54. The van der Waals surface area contributed by atoms with Crippen LogP contribution in [0.2, 0.25) is 0 Å². The Morgan fingerprint density at radius 3 is 2.85 bits per heavy atom. The molecule has 4 heteroatoms. The summed E-state index contributed by atoms with van der Waals surface area (Å²) >= 11 is 1.43. The highest BCUT2D eigenvalue weighted by atomic mass is 32.1. The van der Waals surface area contributed by atoms with Gasteiger partial charge in [0.05, 0.1) is 13.0 Å². The molecule has 1 heterocycles. The summed E-state index contributed by atoms with van der Waals surface area (Å²) in [6, 6.07) is 3.64. The third-order valence-electron chi connectivity index (χ3n) is 1.88. The van der Waals surface area contributed by atoms with Crippen LogP contribution >= 0.6 is 11.3 Å². The van der Waals surface area contributed by atoms with Gasteiger partial charge in [-0.15, -0.1) is 11.3 Å². The van der Waals surface area contributed by atoms with Crippen LogP contribution in [0.5, 0.6) is 0 Å². The summed E-state index contributed by atoms with van der Waals surface area (Å²) in [7, 11) is 1.32. The Morgan fingerprint density at radius 2 is 2.38 bits per heavy atom. The molecule has 1 N–H and O–H groups in total. The van der Waals surface area contributed by atoms with Crippen molar-refractivity contribution >= 4 is 17.3 Å². The lowest BCUT2D eigenvalue weighted by molar-refractivity contribution is -0.148. The minimum absolute atomic E-state index is 0.388. The first-order chi connectivity index (χ1) is 6.16. The number of hydrogen-bond acceptors (Lipinski definition) is 4. The van der Waals surface area contributed by atoms with Gasteiger partial charge in [0.15, 0.2) is 0 Å². The molecule has 1 aromatic heterocycles. The second-order valence-corrected chi connectivity index (χ2v) is 3.75. The summed E-state index contributed by atoms with van der Waals surface area (Å²) in [6.45, 7) is 1.65. The Hall–Kier alpha value is -0.870. The summed E-state index contributed by atoms with van der Waals surface area (Å²) in [5, 5.41) is 11.6. The smallest absolute Gasteiger partial charge is 0.311 e. The highest BCUT2D eigenvalue weighted by Crippen LogP contribution is 2.26. The maximum absolute atomic E-state index is 11.1. The largest absolute Gasteiger partial charge is 0.469 e. The number of rotatable bonds is 3. The van der Waals surface area contributed by atoms with E-state index in [0.717, 1.165) is 4.88 Å². The Labute approximate surface area is 81.0 Å². The average Bonchev–Trinajstić information content (AvgIpc) is 2.67. The van der Waals surface area contributed by atoms with E-state index in [4.69, 9.17) is 0 Å². The Morgan fingerprint density at radius 1 is 1.69 bits per heavy atom. The van der Waals surface area contributed by atoms with Gasteiger partial charge < -0.3 is 9.84 Å². The first-order valence-electron chi connectivity index (χ1n) is 3.96. The lowest BCUT2D eigenvalue weighted by atomic mass is 10.0. The van der Waals surface area contributed by atoms with E-state index < -0.39 is 12.0 Å². The molecule has 72 valence electrons. The molecule has 0 aliphatic carbocycles.